The summed E-state index contributed by atoms with van der Waals surface area (Å²) in [6.07, 6.45) is 1.61. The second-order valence-corrected chi connectivity index (χ2v) is 6.64. The second-order valence-electron chi connectivity index (χ2n) is 6.64. The predicted octanol–water partition coefficient (Wildman–Crippen LogP) is 2.66. The molecule has 3 aromatic rings. The van der Waals surface area contributed by atoms with Gasteiger partial charge in [0.15, 0.2) is 6.23 Å². The summed E-state index contributed by atoms with van der Waals surface area (Å²) in [6.45, 7) is 1.95. The van der Waals surface area contributed by atoms with Crippen LogP contribution in [0.4, 0.5) is 5.69 Å². The van der Waals surface area contributed by atoms with Gasteiger partial charge in [-0.1, -0.05) is 17.3 Å². The maximum absolute atomic E-state index is 11.5. The Labute approximate surface area is 168 Å². The average Bonchev–Trinajstić information content (AvgIpc) is 3.43. The standard InChI is InChI=1S/C21H22N4O4/c1-27-18-9-7-17(8-10-18)25-11-12-29-20(25)19-14-24(23-22-19)13-15-3-5-16(6-4-15)21(26)28-2/h3-10,14,20H,11-13H2,1-2H3. The molecule has 29 heavy (non-hydrogen) atoms. The van der Waals surface area contributed by atoms with E-state index in [4.69, 9.17) is 14.2 Å². The number of benzene rings is 2. The minimum Gasteiger partial charge on any atom is -0.497 e. The van der Waals surface area contributed by atoms with E-state index in [2.05, 4.69) is 15.2 Å². The first-order chi connectivity index (χ1) is 14.2. The molecule has 1 aromatic heterocycles. The summed E-state index contributed by atoms with van der Waals surface area (Å²) in [5.41, 5.74) is 3.32. The Hall–Kier alpha value is -3.39. The van der Waals surface area contributed by atoms with Crippen molar-refractivity contribution in [2.24, 2.45) is 0 Å². The Morgan fingerprint density at radius 3 is 2.59 bits per heavy atom. The number of carbonyl (C=O) groups is 1. The summed E-state index contributed by atoms with van der Waals surface area (Å²) in [7, 11) is 3.02. The van der Waals surface area contributed by atoms with Crippen molar-refractivity contribution in [2.45, 2.75) is 12.8 Å². The van der Waals surface area contributed by atoms with Crippen LogP contribution in [0.15, 0.2) is 54.7 Å². The van der Waals surface area contributed by atoms with Gasteiger partial charge in [0.1, 0.15) is 11.4 Å². The van der Waals surface area contributed by atoms with E-state index in [1.54, 1.807) is 23.9 Å². The van der Waals surface area contributed by atoms with Crippen LogP contribution in [0.25, 0.3) is 0 Å². The summed E-state index contributed by atoms with van der Waals surface area (Å²) < 4.78 is 17.6. The Morgan fingerprint density at radius 1 is 1.14 bits per heavy atom. The number of ether oxygens (including phenoxy) is 3. The number of nitrogens with zero attached hydrogens (tertiary/aromatic N) is 4. The molecule has 1 atom stereocenters. The van der Waals surface area contributed by atoms with Crippen molar-refractivity contribution in [3.63, 3.8) is 0 Å². The molecule has 8 heteroatoms. The quantitative estimate of drug-likeness (QED) is 0.595. The van der Waals surface area contributed by atoms with Gasteiger partial charge >= 0.3 is 5.97 Å². The van der Waals surface area contributed by atoms with Crippen LogP contribution in [0.2, 0.25) is 0 Å². The maximum Gasteiger partial charge on any atom is 0.337 e. The molecule has 0 radical (unpaired) electrons. The van der Waals surface area contributed by atoms with E-state index in [0.717, 1.165) is 29.2 Å². The van der Waals surface area contributed by atoms with Crippen molar-refractivity contribution in [1.82, 2.24) is 15.0 Å². The predicted molar refractivity (Wildman–Crippen MR) is 106 cm³/mol. The van der Waals surface area contributed by atoms with Crippen LogP contribution in [0.5, 0.6) is 5.75 Å². The van der Waals surface area contributed by atoms with Gasteiger partial charge in [0, 0.05) is 12.2 Å². The first kappa shape index (κ1) is 18.9. The molecule has 4 rings (SSSR count). The first-order valence-electron chi connectivity index (χ1n) is 9.27. The van der Waals surface area contributed by atoms with Gasteiger partial charge in [0.05, 0.1) is 39.1 Å². The number of aromatic nitrogens is 3. The van der Waals surface area contributed by atoms with E-state index >= 15 is 0 Å². The zero-order valence-corrected chi connectivity index (χ0v) is 16.3. The Morgan fingerprint density at radius 2 is 1.90 bits per heavy atom. The minimum atomic E-state index is -0.350. The van der Waals surface area contributed by atoms with Crippen LogP contribution in [0, 0.1) is 0 Å². The van der Waals surface area contributed by atoms with Crippen molar-refractivity contribution < 1.29 is 19.0 Å². The van der Waals surface area contributed by atoms with Crippen molar-refractivity contribution in [3.8, 4) is 5.75 Å². The third-order valence-electron chi connectivity index (χ3n) is 4.82. The molecule has 0 bridgehead atoms. The Kier molecular flexibility index (Phi) is 5.44. The zero-order valence-electron chi connectivity index (χ0n) is 16.3. The summed E-state index contributed by atoms with van der Waals surface area (Å²) in [4.78, 5) is 13.7. The number of anilines is 1. The normalized spacial score (nSPS) is 16.1. The van der Waals surface area contributed by atoms with Crippen LogP contribution >= 0.6 is 0 Å². The van der Waals surface area contributed by atoms with E-state index in [9.17, 15) is 4.79 Å². The second kappa shape index (κ2) is 8.32. The molecule has 0 aliphatic carbocycles. The fraction of sp³-hybridized carbons (Fsp3) is 0.286. The maximum atomic E-state index is 11.5. The minimum absolute atomic E-state index is 0.279. The van der Waals surface area contributed by atoms with Crippen molar-refractivity contribution >= 4 is 11.7 Å². The number of esters is 1. The number of methoxy groups -OCH3 is 2. The van der Waals surface area contributed by atoms with E-state index in [0.29, 0.717) is 18.7 Å². The number of rotatable bonds is 6. The fourth-order valence-electron chi connectivity index (χ4n) is 3.31. The van der Waals surface area contributed by atoms with Gasteiger partial charge in [-0.3, -0.25) is 0 Å². The Bertz CT molecular complexity index is 969. The van der Waals surface area contributed by atoms with Crippen LogP contribution in [0.3, 0.4) is 0 Å². The molecule has 1 aliphatic rings. The zero-order chi connectivity index (χ0) is 20.2. The van der Waals surface area contributed by atoms with E-state index < -0.39 is 0 Å². The van der Waals surface area contributed by atoms with E-state index in [-0.39, 0.29) is 12.2 Å². The van der Waals surface area contributed by atoms with Crippen LogP contribution in [-0.2, 0) is 16.0 Å². The van der Waals surface area contributed by atoms with Gasteiger partial charge in [-0.15, -0.1) is 5.10 Å². The van der Waals surface area contributed by atoms with Gasteiger partial charge in [-0.25, -0.2) is 9.48 Å². The lowest BCUT2D eigenvalue weighted by Gasteiger charge is -2.23. The molecule has 0 saturated carbocycles. The van der Waals surface area contributed by atoms with Gasteiger partial charge in [0.2, 0.25) is 0 Å². The summed E-state index contributed by atoms with van der Waals surface area (Å²) in [5.74, 6) is 0.464. The Balaban J connectivity index is 1.47. The first-order valence-corrected chi connectivity index (χ1v) is 9.27. The largest absolute Gasteiger partial charge is 0.497 e. The molecular formula is C21H22N4O4. The average molecular weight is 394 g/mol. The van der Waals surface area contributed by atoms with Crippen molar-refractivity contribution in [2.75, 3.05) is 32.3 Å². The SMILES string of the molecule is COC(=O)c1ccc(Cn2cc(C3OCCN3c3ccc(OC)cc3)nn2)cc1. The highest BCUT2D eigenvalue weighted by molar-refractivity contribution is 5.89. The molecule has 0 N–H and O–H groups in total. The summed E-state index contributed by atoms with van der Waals surface area (Å²) in [5, 5.41) is 8.54. The molecule has 2 heterocycles. The molecule has 1 unspecified atom stereocenters. The highest BCUT2D eigenvalue weighted by Gasteiger charge is 2.29. The van der Waals surface area contributed by atoms with Crippen LogP contribution < -0.4 is 9.64 Å². The molecule has 150 valence electrons. The smallest absolute Gasteiger partial charge is 0.337 e. The molecule has 1 saturated heterocycles. The highest BCUT2D eigenvalue weighted by Crippen LogP contribution is 2.32. The van der Waals surface area contributed by atoms with E-state index in [1.807, 2.05) is 42.6 Å². The fourth-order valence-corrected chi connectivity index (χ4v) is 3.31. The van der Waals surface area contributed by atoms with Gasteiger partial charge < -0.3 is 19.1 Å². The lowest BCUT2D eigenvalue weighted by atomic mass is 10.1. The lowest BCUT2D eigenvalue weighted by Crippen LogP contribution is -2.23. The van der Waals surface area contributed by atoms with Crippen LogP contribution in [0.1, 0.15) is 27.8 Å². The molecule has 1 aliphatic heterocycles. The molecule has 1 fully saturated rings. The van der Waals surface area contributed by atoms with Crippen molar-refractivity contribution in [1.29, 1.82) is 0 Å². The molecular weight excluding hydrogens is 372 g/mol. The number of carbonyl (C=O) groups excluding carboxylic acids is 1. The van der Waals surface area contributed by atoms with Crippen LogP contribution in [-0.4, -0.2) is 48.3 Å². The number of hydrogen-bond donors (Lipinski definition) is 0. The van der Waals surface area contributed by atoms with E-state index in [1.165, 1.54) is 7.11 Å². The molecule has 0 spiro atoms. The topological polar surface area (TPSA) is 78.7 Å². The summed E-state index contributed by atoms with van der Waals surface area (Å²) in [6, 6.07) is 15.1. The van der Waals surface area contributed by atoms with Gasteiger partial charge in [0.25, 0.3) is 0 Å². The monoisotopic (exact) mass is 394 g/mol. The number of hydrogen-bond acceptors (Lipinski definition) is 7. The van der Waals surface area contributed by atoms with Gasteiger partial charge in [-0.2, -0.15) is 0 Å². The van der Waals surface area contributed by atoms with Gasteiger partial charge in [-0.05, 0) is 42.0 Å². The third-order valence-corrected chi connectivity index (χ3v) is 4.82. The third kappa shape index (κ3) is 4.07. The molecule has 2 aromatic carbocycles. The summed E-state index contributed by atoms with van der Waals surface area (Å²) >= 11 is 0. The molecule has 8 nitrogen and oxygen atoms in total. The lowest BCUT2D eigenvalue weighted by molar-refractivity contribution is 0.0600. The molecule has 0 amide bonds. The van der Waals surface area contributed by atoms with Crippen molar-refractivity contribution in [3.05, 3.63) is 71.5 Å². The highest BCUT2D eigenvalue weighted by atomic mass is 16.5.